The number of ether oxygens (including phenoxy) is 2. The summed E-state index contributed by atoms with van der Waals surface area (Å²) in [5, 5.41) is 0. The van der Waals surface area contributed by atoms with Crippen LogP contribution in [0.15, 0.2) is 12.1 Å². The van der Waals surface area contributed by atoms with Crippen molar-refractivity contribution < 1.29 is 19.1 Å². The van der Waals surface area contributed by atoms with E-state index in [4.69, 9.17) is 4.74 Å². The minimum absolute atomic E-state index is 0.0142. The Hall–Kier alpha value is -1.20. The van der Waals surface area contributed by atoms with Crippen LogP contribution in [-0.4, -0.2) is 32.1 Å². The second-order valence-corrected chi connectivity index (χ2v) is 5.11. The molecule has 1 aromatic heterocycles. The Labute approximate surface area is 104 Å². The fourth-order valence-electron chi connectivity index (χ4n) is 1.76. The Kier molecular flexibility index (Phi) is 3.91. The van der Waals surface area contributed by atoms with Gasteiger partial charge in [0.25, 0.3) is 0 Å². The SMILES string of the molecule is COC(=O)Cc1ccc(C(=O)C2CCOC2)s1. The molecule has 1 aromatic rings. The molecule has 17 heavy (non-hydrogen) atoms. The zero-order valence-corrected chi connectivity index (χ0v) is 10.4. The van der Waals surface area contributed by atoms with Gasteiger partial charge in [0.1, 0.15) is 0 Å². The number of hydrogen-bond acceptors (Lipinski definition) is 5. The zero-order chi connectivity index (χ0) is 12.3. The number of hydrogen-bond donors (Lipinski definition) is 0. The van der Waals surface area contributed by atoms with Gasteiger partial charge in [-0.2, -0.15) is 0 Å². The van der Waals surface area contributed by atoms with Gasteiger partial charge in [-0.1, -0.05) is 0 Å². The highest BCUT2D eigenvalue weighted by atomic mass is 32.1. The Morgan fingerprint density at radius 1 is 1.53 bits per heavy atom. The lowest BCUT2D eigenvalue weighted by Crippen LogP contribution is -2.13. The van der Waals surface area contributed by atoms with Gasteiger partial charge in [0.15, 0.2) is 5.78 Å². The molecule has 92 valence electrons. The molecule has 1 atom stereocenters. The van der Waals surface area contributed by atoms with Gasteiger partial charge in [0.2, 0.25) is 0 Å². The van der Waals surface area contributed by atoms with Crippen LogP contribution in [0.25, 0.3) is 0 Å². The van der Waals surface area contributed by atoms with E-state index in [1.165, 1.54) is 18.4 Å². The summed E-state index contributed by atoms with van der Waals surface area (Å²) >= 11 is 1.37. The van der Waals surface area contributed by atoms with E-state index in [1.807, 2.05) is 6.07 Å². The Balaban J connectivity index is 2.02. The van der Waals surface area contributed by atoms with E-state index in [1.54, 1.807) is 6.07 Å². The molecule has 1 unspecified atom stereocenters. The standard InChI is InChI=1S/C12H14O4S/c1-15-11(13)6-9-2-3-10(17-9)12(14)8-4-5-16-7-8/h2-3,8H,4-7H2,1H3. The van der Waals surface area contributed by atoms with E-state index in [0.717, 1.165) is 11.3 Å². The summed E-state index contributed by atoms with van der Waals surface area (Å²) < 4.78 is 9.78. The summed E-state index contributed by atoms with van der Waals surface area (Å²) in [7, 11) is 1.36. The average molecular weight is 254 g/mol. The molecule has 0 aromatic carbocycles. The van der Waals surface area contributed by atoms with Crippen LogP contribution in [0.5, 0.6) is 0 Å². The first-order chi connectivity index (χ1) is 8.20. The maximum Gasteiger partial charge on any atom is 0.310 e. The Bertz CT molecular complexity index is 418. The molecule has 5 heteroatoms. The molecule has 0 N–H and O–H groups in total. The molecule has 1 saturated heterocycles. The van der Waals surface area contributed by atoms with Crippen molar-refractivity contribution >= 4 is 23.1 Å². The van der Waals surface area contributed by atoms with E-state index >= 15 is 0 Å². The molecule has 2 rings (SSSR count). The minimum atomic E-state index is -0.282. The van der Waals surface area contributed by atoms with Crippen molar-refractivity contribution in [3.63, 3.8) is 0 Å². The molecule has 1 aliphatic rings. The van der Waals surface area contributed by atoms with Crippen LogP contribution in [-0.2, 0) is 20.7 Å². The maximum absolute atomic E-state index is 12.0. The Morgan fingerprint density at radius 2 is 2.35 bits per heavy atom. The summed E-state index contributed by atoms with van der Waals surface area (Å²) in [6, 6.07) is 3.59. The van der Waals surface area contributed by atoms with E-state index < -0.39 is 0 Å². The number of rotatable bonds is 4. The molecule has 4 nitrogen and oxygen atoms in total. The third-order valence-electron chi connectivity index (χ3n) is 2.75. The molecule has 0 saturated carbocycles. The van der Waals surface area contributed by atoms with Crippen LogP contribution in [0.2, 0.25) is 0 Å². The molecule has 1 aliphatic heterocycles. The molecule has 1 fully saturated rings. The van der Waals surface area contributed by atoms with Crippen molar-refractivity contribution in [2.75, 3.05) is 20.3 Å². The Morgan fingerprint density at radius 3 is 3.00 bits per heavy atom. The summed E-state index contributed by atoms with van der Waals surface area (Å²) in [5.74, 6) is -0.168. The van der Waals surface area contributed by atoms with Crippen LogP contribution in [0, 0.1) is 5.92 Å². The summed E-state index contributed by atoms with van der Waals surface area (Å²) in [4.78, 5) is 24.7. The van der Waals surface area contributed by atoms with Crippen molar-refractivity contribution in [2.24, 2.45) is 5.92 Å². The van der Waals surface area contributed by atoms with Gasteiger partial charge in [-0.05, 0) is 18.6 Å². The van der Waals surface area contributed by atoms with Crippen LogP contribution in [0.1, 0.15) is 21.0 Å². The first kappa shape index (κ1) is 12.3. The lowest BCUT2D eigenvalue weighted by Gasteiger charge is -2.02. The van der Waals surface area contributed by atoms with E-state index in [2.05, 4.69) is 4.74 Å². The highest BCUT2D eigenvalue weighted by Gasteiger charge is 2.25. The highest BCUT2D eigenvalue weighted by Crippen LogP contribution is 2.24. The van der Waals surface area contributed by atoms with E-state index in [0.29, 0.717) is 18.1 Å². The normalized spacial score (nSPS) is 19.2. The first-order valence-electron chi connectivity index (χ1n) is 5.48. The number of Topliss-reactive ketones (excluding diaryl/α,β-unsaturated/α-hetero) is 1. The van der Waals surface area contributed by atoms with Crippen LogP contribution in [0.4, 0.5) is 0 Å². The van der Waals surface area contributed by atoms with Crippen LogP contribution < -0.4 is 0 Å². The highest BCUT2D eigenvalue weighted by molar-refractivity contribution is 7.14. The topological polar surface area (TPSA) is 52.6 Å². The quantitative estimate of drug-likeness (QED) is 0.606. The second kappa shape index (κ2) is 5.42. The maximum atomic E-state index is 12.0. The molecule has 0 radical (unpaired) electrons. The number of esters is 1. The van der Waals surface area contributed by atoms with Gasteiger partial charge in [-0.25, -0.2) is 0 Å². The van der Waals surface area contributed by atoms with Crippen molar-refractivity contribution in [3.8, 4) is 0 Å². The van der Waals surface area contributed by atoms with Crippen molar-refractivity contribution in [3.05, 3.63) is 21.9 Å². The van der Waals surface area contributed by atoms with Gasteiger partial charge in [0, 0.05) is 17.4 Å². The fourth-order valence-corrected chi connectivity index (χ4v) is 2.77. The van der Waals surface area contributed by atoms with Crippen LogP contribution in [0.3, 0.4) is 0 Å². The minimum Gasteiger partial charge on any atom is -0.469 e. The molecule has 0 amide bonds. The number of carbonyl (C=O) groups excluding carboxylic acids is 2. The molecule has 0 aliphatic carbocycles. The van der Waals surface area contributed by atoms with Crippen molar-refractivity contribution in [1.29, 1.82) is 0 Å². The first-order valence-corrected chi connectivity index (χ1v) is 6.30. The molecule has 2 heterocycles. The van der Waals surface area contributed by atoms with E-state index in [-0.39, 0.29) is 24.1 Å². The van der Waals surface area contributed by atoms with Crippen molar-refractivity contribution in [1.82, 2.24) is 0 Å². The summed E-state index contributed by atoms with van der Waals surface area (Å²) in [6.45, 7) is 1.18. The van der Waals surface area contributed by atoms with Gasteiger partial charge in [0.05, 0.1) is 25.0 Å². The molecule has 0 spiro atoms. The van der Waals surface area contributed by atoms with Gasteiger partial charge in [-0.15, -0.1) is 11.3 Å². The molecular weight excluding hydrogens is 240 g/mol. The number of thiophene rings is 1. The third-order valence-corrected chi connectivity index (χ3v) is 3.85. The summed E-state index contributed by atoms with van der Waals surface area (Å²) in [6.07, 6.45) is 1.03. The zero-order valence-electron chi connectivity index (χ0n) is 9.60. The predicted octanol–water partition coefficient (Wildman–Crippen LogP) is 1.68. The third kappa shape index (κ3) is 2.92. The largest absolute Gasteiger partial charge is 0.469 e. The van der Waals surface area contributed by atoms with Gasteiger partial charge in [-0.3, -0.25) is 9.59 Å². The fraction of sp³-hybridized carbons (Fsp3) is 0.500. The molecular formula is C12H14O4S. The second-order valence-electron chi connectivity index (χ2n) is 3.94. The predicted molar refractivity (Wildman–Crippen MR) is 63.3 cm³/mol. The number of ketones is 1. The number of methoxy groups -OCH3 is 1. The molecule has 0 bridgehead atoms. The van der Waals surface area contributed by atoms with Crippen LogP contribution >= 0.6 is 11.3 Å². The monoisotopic (exact) mass is 254 g/mol. The summed E-state index contributed by atoms with van der Waals surface area (Å²) in [5.41, 5.74) is 0. The van der Waals surface area contributed by atoms with Crippen molar-refractivity contribution in [2.45, 2.75) is 12.8 Å². The van der Waals surface area contributed by atoms with E-state index in [9.17, 15) is 9.59 Å². The lowest BCUT2D eigenvalue weighted by molar-refractivity contribution is -0.139. The number of carbonyl (C=O) groups is 2. The smallest absolute Gasteiger partial charge is 0.310 e. The van der Waals surface area contributed by atoms with Gasteiger partial charge >= 0.3 is 5.97 Å². The average Bonchev–Trinajstić information content (AvgIpc) is 2.98. The van der Waals surface area contributed by atoms with Gasteiger partial charge < -0.3 is 9.47 Å². The lowest BCUT2D eigenvalue weighted by atomic mass is 10.0.